The number of carbonyl (C=O) groups excluding carboxylic acids is 1. The van der Waals surface area contributed by atoms with Gasteiger partial charge in [-0.15, -0.1) is 0 Å². The second-order valence-electron chi connectivity index (χ2n) is 6.00. The van der Waals surface area contributed by atoms with E-state index in [1.807, 2.05) is 30.3 Å². The number of nitrogens with one attached hydrogen (secondary N) is 1. The zero-order valence-corrected chi connectivity index (χ0v) is 14.7. The number of benzene rings is 1. The summed E-state index contributed by atoms with van der Waals surface area (Å²) in [5, 5.41) is 0. The number of amides is 1. The molecule has 0 saturated carbocycles. The lowest BCUT2D eigenvalue weighted by atomic mass is 10.2. The lowest BCUT2D eigenvalue weighted by Crippen LogP contribution is -3.14. The molecule has 1 aromatic rings. The summed E-state index contributed by atoms with van der Waals surface area (Å²) in [5.41, 5.74) is 0.881. The van der Waals surface area contributed by atoms with Crippen molar-refractivity contribution in [2.45, 2.75) is 13.5 Å². The molecule has 0 atom stereocenters. The van der Waals surface area contributed by atoms with Gasteiger partial charge in [-0.25, -0.2) is 8.42 Å². The van der Waals surface area contributed by atoms with Crippen LogP contribution in [0.3, 0.4) is 0 Å². The highest BCUT2D eigenvalue weighted by Crippen LogP contribution is 2.09. The first kappa shape index (κ1) is 17.9. The SMILES string of the molecule is CC[NH+]1CCN(C(=O)CN(Cc2ccccc2)S(C)(=O)=O)CC1. The molecule has 0 radical (unpaired) electrons. The standard InChI is InChI=1S/C16H25N3O3S/c1-3-17-9-11-18(12-10-17)16(20)14-19(23(2,21)22)13-15-7-5-4-6-8-15/h4-8H,3,9-14H2,1-2H3/p+1. The number of carbonyl (C=O) groups is 1. The van der Waals surface area contributed by atoms with Crippen LogP contribution in [-0.4, -0.2) is 69.1 Å². The first-order chi connectivity index (χ1) is 10.9. The van der Waals surface area contributed by atoms with Gasteiger partial charge in [-0.3, -0.25) is 4.79 Å². The molecular formula is C16H26N3O3S+. The van der Waals surface area contributed by atoms with Crippen LogP contribution < -0.4 is 4.90 Å². The van der Waals surface area contributed by atoms with E-state index < -0.39 is 10.0 Å². The fourth-order valence-corrected chi connectivity index (χ4v) is 3.48. The van der Waals surface area contributed by atoms with Gasteiger partial charge in [0.2, 0.25) is 15.9 Å². The molecule has 1 aliphatic heterocycles. The van der Waals surface area contributed by atoms with Gasteiger partial charge in [0.1, 0.15) is 0 Å². The zero-order chi connectivity index (χ0) is 16.9. The number of sulfonamides is 1. The second-order valence-corrected chi connectivity index (χ2v) is 7.98. The highest BCUT2D eigenvalue weighted by Gasteiger charge is 2.27. The van der Waals surface area contributed by atoms with Gasteiger partial charge in [-0.05, 0) is 12.5 Å². The first-order valence-corrected chi connectivity index (χ1v) is 9.85. The van der Waals surface area contributed by atoms with Gasteiger partial charge in [0.15, 0.2) is 0 Å². The Morgan fingerprint density at radius 3 is 2.35 bits per heavy atom. The summed E-state index contributed by atoms with van der Waals surface area (Å²) in [7, 11) is -3.43. The van der Waals surface area contributed by atoms with Crippen molar-refractivity contribution in [1.82, 2.24) is 9.21 Å². The predicted octanol–water partition coefficient (Wildman–Crippen LogP) is -0.805. The van der Waals surface area contributed by atoms with Gasteiger partial charge >= 0.3 is 0 Å². The average Bonchev–Trinajstić information content (AvgIpc) is 2.54. The maximum Gasteiger partial charge on any atom is 0.238 e. The second kappa shape index (κ2) is 7.90. The van der Waals surface area contributed by atoms with Crippen LogP contribution in [-0.2, 0) is 21.4 Å². The van der Waals surface area contributed by atoms with E-state index in [0.29, 0.717) is 13.1 Å². The molecule has 0 spiro atoms. The molecule has 0 aromatic heterocycles. The molecule has 6 nitrogen and oxygen atoms in total. The van der Waals surface area contributed by atoms with Crippen LogP contribution in [0.2, 0.25) is 0 Å². The molecule has 1 N–H and O–H groups in total. The van der Waals surface area contributed by atoms with Crippen molar-refractivity contribution < 1.29 is 18.1 Å². The van der Waals surface area contributed by atoms with Gasteiger partial charge in [0.25, 0.3) is 0 Å². The molecule has 1 fully saturated rings. The number of piperazine rings is 1. The van der Waals surface area contributed by atoms with Crippen molar-refractivity contribution in [2.24, 2.45) is 0 Å². The van der Waals surface area contributed by atoms with Crippen molar-refractivity contribution in [3.8, 4) is 0 Å². The lowest BCUT2D eigenvalue weighted by Gasteiger charge is -2.32. The quantitative estimate of drug-likeness (QED) is 0.737. The monoisotopic (exact) mass is 340 g/mol. The van der Waals surface area contributed by atoms with E-state index >= 15 is 0 Å². The van der Waals surface area contributed by atoms with Crippen molar-refractivity contribution in [2.75, 3.05) is 45.5 Å². The summed E-state index contributed by atoms with van der Waals surface area (Å²) in [6, 6.07) is 9.35. The van der Waals surface area contributed by atoms with Crippen LogP contribution in [0.1, 0.15) is 12.5 Å². The Bertz CT molecular complexity index is 611. The van der Waals surface area contributed by atoms with Crippen molar-refractivity contribution in [3.63, 3.8) is 0 Å². The summed E-state index contributed by atoms with van der Waals surface area (Å²) in [6.07, 6.45) is 1.16. The van der Waals surface area contributed by atoms with Crippen molar-refractivity contribution >= 4 is 15.9 Å². The third-order valence-corrected chi connectivity index (χ3v) is 5.50. The Morgan fingerprint density at radius 2 is 1.83 bits per heavy atom. The molecule has 23 heavy (non-hydrogen) atoms. The molecule has 0 aliphatic carbocycles. The number of hydrogen-bond acceptors (Lipinski definition) is 3. The summed E-state index contributed by atoms with van der Waals surface area (Å²) in [6.45, 7) is 6.60. The molecule has 2 rings (SSSR count). The van der Waals surface area contributed by atoms with Gasteiger partial charge < -0.3 is 9.80 Å². The van der Waals surface area contributed by atoms with E-state index in [2.05, 4.69) is 6.92 Å². The fourth-order valence-electron chi connectivity index (χ4n) is 2.75. The fraction of sp³-hybridized carbons (Fsp3) is 0.562. The summed E-state index contributed by atoms with van der Waals surface area (Å²) >= 11 is 0. The highest BCUT2D eigenvalue weighted by molar-refractivity contribution is 7.88. The average molecular weight is 340 g/mol. The lowest BCUT2D eigenvalue weighted by molar-refractivity contribution is -0.902. The molecule has 7 heteroatoms. The van der Waals surface area contributed by atoms with E-state index in [9.17, 15) is 13.2 Å². The summed E-state index contributed by atoms with van der Waals surface area (Å²) in [5.74, 6) is -0.110. The molecular weight excluding hydrogens is 314 g/mol. The van der Waals surface area contributed by atoms with Gasteiger partial charge in [-0.1, -0.05) is 30.3 Å². The smallest absolute Gasteiger partial charge is 0.238 e. The van der Waals surface area contributed by atoms with Crippen LogP contribution in [0, 0.1) is 0 Å². The van der Waals surface area contributed by atoms with E-state index in [1.165, 1.54) is 9.21 Å². The minimum atomic E-state index is -3.43. The number of rotatable bonds is 6. The maximum absolute atomic E-state index is 12.5. The Balaban J connectivity index is 1.99. The van der Waals surface area contributed by atoms with E-state index in [0.717, 1.165) is 31.5 Å². The maximum atomic E-state index is 12.5. The minimum Gasteiger partial charge on any atom is -0.332 e. The molecule has 1 aliphatic rings. The van der Waals surface area contributed by atoms with Gasteiger partial charge in [0.05, 0.1) is 45.5 Å². The number of nitrogens with zero attached hydrogens (tertiary/aromatic N) is 2. The number of likely N-dealkylation sites (N-methyl/N-ethyl adjacent to an activating group) is 1. The summed E-state index contributed by atoms with van der Waals surface area (Å²) < 4.78 is 25.3. The number of hydrogen-bond donors (Lipinski definition) is 1. The summed E-state index contributed by atoms with van der Waals surface area (Å²) in [4.78, 5) is 15.7. The Labute approximate surface area is 138 Å². The molecule has 1 aromatic carbocycles. The zero-order valence-electron chi connectivity index (χ0n) is 13.9. The van der Waals surface area contributed by atoms with Gasteiger partial charge in [0, 0.05) is 6.54 Å². The Morgan fingerprint density at radius 1 is 1.22 bits per heavy atom. The van der Waals surface area contributed by atoms with E-state index in [-0.39, 0.29) is 19.0 Å². The minimum absolute atomic E-state index is 0.0881. The molecule has 1 amide bonds. The highest BCUT2D eigenvalue weighted by atomic mass is 32.2. The molecule has 0 bridgehead atoms. The molecule has 0 unspecified atom stereocenters. The van der Waals surface area contributed by atoms with E-state index in [4.69, 9.17) is 0 Å². The predicted molar refractivity (Wildman–Crippen MR) is 89.5 cm³/mol. The molecule has 1 saturated heterocycles. The Hall–Kier alpha value is -1.44. The largest absolute Gasteiger partial charge is 0.332 e. The van der Waals surface area contributed by atoms with Gasteiger partial charge in [-0.2, -0.15) is 4.31 Å². The first-order valence-electron chi connectivity index (χ1n) is 8.00. The van der Waals surface area contributed by atoms with Crippen LogP contribution in [0.4, 0.5) is 0 Å². The topological polar surface area (TPSA) is 62.1 Å². The van der Waals surface area contributed by atoms with Crippen molar-refractivity contribution in [1.29, 1.82) is 0 Å². The third-order valence-electron chi connectivity index (χ3n) is 4.31. The third kappa shape index (κ3) is 5.30. The van der Waals surface area contributed by atoms with Crippen molar-refractivity contribution in [3.05, 3.63) is 35.9 Å². The molecule has 1 heterocycles. The van der Waals surface area contributed by atoms with E-state index in [1.54, 1.807) is 4.90 Å². The van der Waals surface area contributed by atoms with Crippen LogP contribution in [0.5, 0.6) is 0 Å². The van der Waals surface area contributed by atoms with Crippen LogP contribution in [0.15, 0.2) is 30.3 Å². The number of quaternary nitrogens is 1. The van der Waals surface area contributed by atoms with Crippen LogP contribution >= 0.6 is 0 Å². The normalized spacial score (nSPS) is 16.7. The Kier molecular flexibility index (Phi) is 6.15. The molecule has 128 valence electrons. The van der Waals surface area contributed by atoms with Crippen LogP contribution in [0.25, 0.3) is 0 Å².